The van der Waals surface area contributed by atoms with Crippen LogP contribution in [0.15, 0.2) is 30.5 Å². The van der Waals surface area contributed by atoms with E-state index in [1.54, 1.807) is 13.3 Å². The maximum atomic E-state index is 11.7. The Morgan fingerprint density at radius 3 is 2.93 bits per heavy atom. The Kier molecular flexibility index (Phi) is 5.02. The van der Waals surface area contributed by atoms with Gasteiger partial charge in [-0.05, 0) is 61.1 Å². The SMILES string of the molecule is COC(=O)C[C@H]1CN2CC[C@H]1C[C@H]2[C@@H](O)c1ccnc2ccc(OC)cc12. The molecule has 2 bridgehead atoms. The molecule has 0 saturated carbocycles. The highest BCUT2D eigenvalue weighted by Crippen LogP contribution is 2.43. The number of carbonyl (C=O) groups excluding carboxylic acids is 1. The number of rotatable bonds is 5. The molecule has 6 nitrogen and oxygen atoms in total. The van der Waals surface area contributed by atoms with Crippen LogP contribution in [0.3, 0.4) is 0 Å². The van der Waals surface area contributed by atoms with Crippen molar-refractivity contribution in [1.29, 1.82) is 0 Å². The van der Waals surface area contributed by atoms with Crippen molar-refractivity contribution in [2.75, 3.05) is 27.3 Å². The Bertz CT molecular complexity index is 840. The van der Waals surface area contributed by atoms with E-state index in [-0.39, 0.29) is 12.0 Å². The molecule has 3 aliphatic heterocycles. The highest BCUT2D eigenvalue weighted by molar-refractivity contribution is 5.84. The predicted molar refractivity (Wildman–Crippen MR) is 101 cm³/mol. The summed E-state index contributed by atoms with van der Waals surface area (Å²) in [7, 11) is 3.08. The van der Waals surface area contributed by atoms with Gasteiger partial charge in [0, 0.05) is 30.6 Å². The maximum Gasteiger partial charge on any atom is 0.305 e. The van der Waals surface area contributed by atoms with E-state index in [0.29, 0.717) is 18.3 Å². The summed E-state index contributed by atoms with van der Waals surface area (Å²) >= 11 is 0. The molecule has 1 N–H and O–H groups in total. The number of benzene rings is 1. The lowest BCUT2D eigenvalue weighted by Crippen LogP contribution is -2.55. The van der Waals surface area contributed by atoms with E-state index < -0.39 is 6.10 Å². The molecule has 3 saturated heterocycles. The van der Waals surface area contributed by atoms with E-state index in [4.69, 9.17) is 9.47 Å². The van der Waals surface area contributed by atoms with Crippen molar-refractivity contribution < 1.29 is 19.4 Å². The number of ether oxygens (including phenoxy) is 2. The number of esters is 1. The van der Waals surface area contributed by atoms with Crippen molar-refractivity contribution in [3.63, 3.8) is 0 Å². The van der Waals surface area contributed by atoms with Crippen molar-refractivity contribution >= 4 is 16.9 Å². The van der Waals surface area contributed by atoms with Gasteiger partial charge in [-0.25, -0.2) is 0 Å². The summed E-state index contributed by atoms with van der Waals surface area (Å²) < 4.78 is 10.2. The van der Waals surface area contributed by atoms with Gasteiger partial charge in [0.2, 0.25) is 0 Å². The molecule has 5 rings (SSSR count). The molecule has 0 spiro atoms. The van der Waals surface area contributed by atoms with Crippen molar-refractivity contribution in [1.82, 2.24) is 9.88 Å². The van der Waals surface area contributed by atoms with Crippen LogP contribution in [0.25, 0.3) is 10.9 Å². The fourth-order valence-electron chi connectivity index (χ4n) is 4.78. The molecule has 27 heavy (non-hydrogen) atoms. The Hall–Kier alpha value is -2.18. The van der Waals surface area contributed by atoms with E-state index in [0.717, 1.165) is 48.1 Å². The summed E-state index contributed by atoms with van der Waals surface area (Å²) in [6.07, 6.45) is 3.61. The fraction of sp³-hybridized carbons (Fsp3) is 0.524. The minimum absolute atomic E-state index is 0.0643. The highest BCUT2D eigenvalue weighted by Gasteiger charge is 2.43. The summed E-state index contributed by atoms with van der Waals surface area (Å²) in [4.78, 5) is 18.4. The van der Waals surface area contributed by atoms with E-state index in [1.807, 2.05) is 24.3 Å². The number of piperidine rings is 3. The Labute approximate surface area is 159 Å². The van der Waals surface area contributed by atoms with E-state index >= 15 is 0 Å². The molecule has 1 unspecified atom stereocenters. The molecule has 0 amide bonds. The standard InChI is InChI=1S/C21H26N2O4/c1-26-15-3-4-18-17(11-15)16(5-7-22-18)21(25)19-9-13-6-8-23(19)12-14(13)10-20(24)27-2/h3-5,7,11,13-14,19,21,25H,6,8-10,12H2,1-2H3/t13-,14-,19-,21-/m0/s1. The monoisotopic (exact) mass is 370 g/mol. The molecule has 1 aromatic heterocycles. The van der Waals surface area contributed by atoms with E-state index in [1.165, 1.54) is 7.11 Å². The summed E-state index contributed by atoms with van der Waals surface area (Å²) in [5, 5.41) is 12.2. The van der Waals surface area contributed by atoms with Crippen molar-refractivity contribution in [3.05, 3.63) is 36.0 Å². The second kappa shape index (κ2) is 7.44. The lowest BCUT2D eigenvalue weighted by atomic mass is 9.72. The fourth-order valence-corrected chi connectivity index (χ4v) is 4.78. The Morgan fingerprint density at radius 1 is 1.37 bits per heavy atom. The van der Waals surface area contributed by atoms with Crippen LogP contribution in [0, 0.1) is 11.8 Å². The second-order valence-corrected chi connectivity index (χ2v) is 7.62. The van der Waals surface area contributed by atoms with Crippen molar-refractivity contribution in [2.45, 2.75) is 31.4 Å². The van der Waals surface area contributed by atoms with Crippen LogP contribution in [0.4, 0.5) is 0 Å². The van der Waals surface area contributed by atoms with Gasteiger partial charge in [0.1, 0.15) is 5.75 Å². The predicted octanol–water partition coefficient (Wildman–Crippen LogP) is 2.55. The Morgan fingerprint density at radius 2 is 2.22 bits per heavy atom. The number of hydrogen-bond donors (Lipinski definition) is 1. The molecule has 6 heteroatoms. The molecule has 3 aliphatic rings. The highest BCUT2D eigenvalue weighted by atomic mass is 16.5. The third-order valence-electron chi connectivity index (χ3n) is 6.26. The Balaban J connectivity index is 1.58. The zero-order chi connectivity index (χ0) is 19.0. The van der Waals surface area contributed by atoms with Crippen molar-refractivity contribution in [2.24, 2.45) is 11.8 Å². The van der Waals surface area contributed by atoms with Gasteiger partial charge in [0.25, 0.3) is 0 Å². The number of aromatic nitrogens is 1. The van der Waals surface area contributed by atoms with Crippen molar-refractivity contribution in [3.8, 4) is 5.75 Å². The zero-order valence-electron chi connectivity index (χ0n) is 15.8. The summed E-state index contributed by atoms with van der Waals surface area (Å²) in [6.45, 7) is 1.81. The van der Waals surface area contributed by atoms with Crippen LogP contribution in [0.5, 0.6) is 5.75 Å². The normalized spacial score (nSPS) is 28.1. The van der Waals surface area contributed by atoms with Gasteiger partial charge in [-0.1, -0.05) is 0 Å². The molecule has 5 atom stereocenters. The van der Waals surface area contributed by atoms with E-state index in [9.17, 15) is 9.90 Å². The first-order valence-corrected chi connectivity index (χ1v) is 9.52. The summed E-state index contributed by atoms with van der Waals surface area (Å²) in [6, 6.07) is 7.72. The van der Waals surface area contributed by atoms with Gasteiger partial charge < -0.3 is 14.6 Å². The van der Waals surface area contributed by atoms with Crippen LogP contribution < -0.4 is 4.74 Å². The minimum atomic E-state index is -0.593. The van der Waals surface area contributed by atoms with Crippen LogP contribution >= 0.6 is 0 Å². The van der Waals surface area contributed by atoms with Crippen LogP contribution in [-0.4, -0.2) is 54.3 Å². The number of hydrogen-bond acceptors (Lipinski definition) is 6. The number of nitrogens with zero attached hydrogens (tertiary/aromatic N) is 2. The van der Waals surface area contributed by atoms with Gasteiger partial charge in [-0.2, -0.15) is 0 Å². The average Bonchev–Trinajstić information content (AvgIpc) is 2.72. The number of aliphatic hydroxyl groups is 1. The number of carbonyl (C=O) groups is 1. The first kappa shape index (κ1) is 18.2. The number of pyridine rings is 1. The molecular formula is C21H26N2O4. The molecule has 3 fully saturated rings. The van der Waals surface area contributed by atoms with Gasteiger partial charge in [0.15, 0.2) is 0 Å². The maximum absolute atomic E-state index is 11.7. The van der Waals surface area contributed by atoms with Gasteiger partial charge in [-0.15, -0.1) is 0 Å². The molecule has 4 heterocycles. The second-order valence-electron chi connectivity index (χ2n) is 7.62. The molecule has 144 valence electrons. The average molecular weight is 370 g/mol. The quantitative estimate of drug-likeness (QED) is 0.816. The van der Waals surface area contributed by atoms with Crippen LogP contribution in [0.2, 0.25) is 0 Å². The lowest BCUT2D eigenvalue weighted by Gasteiger charge is -2.51. The van der Waals surface area contributed by atoms with Gasteiger partial charge >= 0.3 is 5.97 Å². The summed E-state index contributed by atoms with van der Waals surface area (Å²) in [5.41, 5.74) is 1.74. The summed E-state index contributed by atoms with van der Waals surface area (Å²) in [5.74, 6) is 1.39. The molecule has 1 aromatic carbocycles. The van der Waals surface area contributed by atoms with Crippen LogP contribution in [-0.2, 0) is 9.53 Å². The molecular weight excluding hydrogens is 344 g/mol. The molecule has 2 aromatic rings. The number of aliphatic hydroxyl groups excluding tert-OH is 1. The number of methoxy groups -OCH3 is 2. The third-order valence-corrected chi connectivity index (χ3v) is 6.26. The lowest BCUT2D eigenvalue weighted by molar-refractivity contribution is -0.144. The van der Waals surface area contributed by atoms with Crippen LogP contribution in [0.1, 0.15) is 30.9 Å². The zero-order valence-corrected chi connectivity index (χ0v) is 15.8. The smallest absolute Gasteiger partial charge is 0.305 e. The number of fused-ring (bicyclic) bond motifs is 4. The third kappa shape index (κ3) is 3.39. The largest absolute Gasteiger partial charge is 0.497 e. The molecule has 0 aliphatic carbocycles. The first-order chi connectivity index (χ1) is 13.1. The van der Waals surface area contributed by atoms with Gasteiger partial charge in [0.05, 0.1) is 25.8 Å². The minimum Gasteiger partial charge on any atom is -0.497 e. The van der Waals surface area contributed by atoms with Gasteiger partial charge in [-0.3, -0.25) is 14.7 Å². The first-order valence-electron chi connectivity index (χ1n) is 9.52. The van der Waals surface area contributed by atoms with E-state index in [2.05, 4.69) is 9.88 Å². The molecule has 0 radical (unpaired) electrons. The topological polar surface area (TPSA) is 71.9 Å².